The average molecular weight is 241 g/mol. The predicted octanol–water partition coefficient (Wildman–Crippen LogP) is 1.51. The van der Waals surface area contributed by atoms with E-state index >= 15 is 0 Å². The van der Waals surface area contributed by atoms with Crippen molar-refractivity contribution >= 4 is 29.3 Å². The highest BCUT2D eigenvalue weighted by molar-refractivity contribution is 5.85. The molecule has 0 radical (unpaired) electrons. The molecule has 16 heavy (non-hydrogen) atoms. The summed E-state index contributed by atoms with van der Waals surface area (Å²) in [5, 5.41) is 9.19. The summed E-state index contributed by atoms with van der Waals surface area (Å²) < 4.78 is 5.03. The van der Waals surface area contributed by atoms with Crippen LogP contribution in [0.2, 0.25) is 0 Å². The van der Waals surface area contributed by atoms with Crippen molar-refractivity contribution in [3.8, 4) is 5.88 Å². The Kier molecular flexibility index (Phi) is 4.02. The molecule has 1 aromatic carbocycles. The number of fused-ring (bicyclic) bond motifs is 1. The Morgan fingerprint density at radius 3 is 2.81 bits per heavy atom. The van der Waals surface area contributed by atoms with E-state index in [1.54, 1.807) is 6.07 Å². The average Bonchev–Trinajstić information content (AvgIpc) is 2.26. The molecule has 2 rings (SSSR count). The highest BCUT2D eigenvalue weighted by Crippen LogP contribution is 2.20. The number of ether oxygens (including phenoxy) is 1. The Labute approximate surface area is 97.5 Å². The van der Waals surface area contributed by atoms with Crippen LogP contribution in [-0.4, -0.2) is 27.7 Å². The lowest BCUT2D eigenvalue weighted by atomic mass is 10.2. The minimum Gasteiger partial charge on any atom is -0.479 e. The zero-order valence-electron chi connectivity index (χ0n) is 8.16. The number of hydrogen-bond acceptors (Lipinski definition) is 4. The first-order valence-electron chi connectivity index (χ1n) is 4.32. The zero-order chi connectivity index (χ0) is 10.7. The molecule has 0 bridgehead atoms. The molecule has 1 heterocycles. The first kappa shape index (κ1) is 12.2. The molecular weight excluding hydrogens is 232 g/mol. The number of carboxylic acid groups (broad SMARTS) is 1. The summed E-state index contributed by atoms with van der Waals surface area (Å²) in [6, 6.07) is 7.26. The van der Waals surface area contributed by atoms with Crippen molar-refractivity contribution in [1.29, 1.82) is 0 Å². The Morgan fingerprint density at radius 2 is 2.06 bits per heavy atom. The fourth-order valence-corrected chi connectivity index (χ4v) is 1.23. The molecule has 2 aromatic rings. The van der Waals surface area contributed by atoms with Gasteiger partial charge in [-0.3, -0.25) is 0 Å². The van der Waals surface area contributed by atoms with Gasteiger partial charge in [0.15, 0.2) is 6.61 Å². The van der Waals surface area contributed by atoms with Gasteiger partial charge in [0.05, 0.1) is 10.9 Å². The molecule has 0 spiro atoms. The zero-order valence-corrected chi connectivity index (χ0v) is 8.98. The molecule has 0 fully saturated rings. The van der Waals surface area contributed by atoms with Gasteiger partial charge in [-0.25, -0.2) is 14.8 Å². The summed E-state index contributed by atoms with van der Waals surface area (Å²) in [4.78, 5) is 18.3. The number of aliphatic carboxylic acids is 1. The van der Waals surface area contributed by atoms with Gasteiger partial charge in [0.25, 0.3) is 0 Å². The number of halogens is 1. The molecule has 1 aromatic heterocycles. The maximum Gasteiger partial charge on any atom is 0.341 e. The number of benzene rings is 1. The second-order valence-corrected chi connectivity index (χ2v) is 2.88. The number of aromatic nitrogens is 2. The molecular formula is C10H9ClN2O3. The van der Waals surface area contributed by atoms with E-state index in [9.17, 15) is 4.79 Å². The van der Waals surface area contributed by atoms with Gasteiger partial charge >= 0.3 is 5.97 Å². The third kappa shape index (κ3) is 2.58. The summed E-state index contributed by atoms with van der Waals surface area (Å²) in [5.74, 6) is -0.735. The minimum atomic E-state index is -1.03. The van der Waals surface area contributed by atoms with Gasteiger partial charge in [-0.2, -0.15) is 0 Å². The van der Waals surface area contributed by atoms with Crippen LogP contribution in [0.1, 0.15) is 0 Å². The minimum absolute atomic E-state index is 0. The SMILES string of the molecule is Cl.O=C(O)COc1ncnc2ccccc12. The van der Waals surface area contributed by atoms with E-state index in [4.69, 9.17) is 9.84 Å². The molecule has 1 N–H and O–H groups in total. The van der Waals surface area contributed by atoms with Crippen LogP contribution in [0.4, 0.5) is 0 Å². The molecule has 0 unspecified atom stereocenters. The van der Waals surface area contributed by atoms with Crippen molar-refractivity contribution in [3.05, 3.63) is 30.6 Å². The molecule has 0 aliphatic heterocycles. The van der Waals surface area contributed by atoms with E-state index in [1.807, 2.05) is 18.2 Å². The topological polar surface area (TPSA) is 72.3 Å². The van der Waals surface area contributed by atoms with Crippen LogP contribution in [0, 0.1) is 0 Å². The molecule has 84 valence electrons. The van der Waals surface area contributed by atoms with Crippen LogP contribution in [0.3, 0.4) is 0 Å². The van der Waals surface area contributed by atoms with Crippen LogP contribution in [0.15, 0.2) is 30.6 Å². The normalized spacial score (nSPS) is 9.50. The smallest absolute Gasteiger partial charge is 0.341 e. The van der Waals surface area contributed by atoms with Crippen LogP contribution in [0.25, 0.3) is 10.9 Å². The van der Waals surface area contributed by atoms with E-state index in [1.165, 1.54) is 6.33 Å². The quantitative estimate of drug-likeness (QED) is 0.881. The third-order valence-electron chi connectivity index (χ3n) is 1.84. The number of hydrogen-bond donors (Lipinski definition) is 1. The molecule has 0 aliphatic carbocycles. The fourth-order valence-electron chi connectivity index (χ4n) is 1.23. The van der Waals surface area contributed by atoms with E-state index in [0.717, 1.165) is 5.52 Å². The Hall–Kier alpha value is -1.88. The van der Waals surface area contributed by atoms with Crippen LogP contribution < -0.4 is 4.74 Å². The van der Waals surface area contributed by atoms with Gasteiger partial charge in [0.1, 0.15) is 6.33 Å². The monoisotopic (exact) mass is 240 g/mol. The molecule has 0 saturated heterocycles. The number of carboxylic acids is 1. The van der Waals surface area contributed by atoms with Crippen molar-refractivity contribution in [1.82, 2.24) is 9.97 Å². The van der Waals surface area contributed by atoms with Gasteiger partial charge in [-0.1, -0.05) is 12.1 Å². The van der Waals surface area contributed by atoms with Gasteiger partial charge in [-0.15, -0.1) is 12.4 Å². The van der Waals surface area contributed by atoms with Crippen molar-refractivity contribution in [2.45, 2.75) is 0 Å². The summed E-state index contributed by atoms with van der Waals surface area (Å²) in [5.41, 5.74) is 0.730. The van der Waals surface area contributed by atoms with Crippen molar-refractivity contribution in [2.75, 3.05) is 6.61 Å². The predicted molar refractivity (Wildman–Crippen MR) is 59.9 cm³/mol. The lowest BCUT2D eigenvalue weighted by Gasteiger charge is -2.04. The summed E-state index contributed by atoms with van der Waals surface area (Å²) in [7, 11) is 0. The first-order chi connectivity index (χ1) is 7.27. The standard InChI is InChI=1S/C10H8N2O3.ClH/c13-9(14)5-15-10-7-3-1-2-4-8(7)11-6-12-10;/h1-4,6H,5H2,(H,13,14);1H. The fraction of sp³-hybridized carbons (Fsp3) is 0.100. The number of rotatable bonds is 3. The number of carbonyl (C=O) groups is 1. The second-order valence-electron chi connectivity index (χ2n) is 2.88. The van der Waals surface area contributed by atoms with Gasteiger partial charge in [0, 0.05) is 0 Å². The Morgan fingerprint density at radius 1 is 1.31 bits per heavy atom. The summed E-state index contributed by atoms with van der Waals surface area (Å²) in [6.45, 7) is -0.402. The molecule has 0 atom stereocenters. The first-order valence-corrected chi connectivity index (χ1v) is 4.32. The highest BCUT2D eigenvalue weighted by Gasteiger charge is 2.05. The lowest BCUT2D eigenvalue weighted by molar-refractivity contribution is -0.139. The Bertz CT molecular complexity index is 499. The lowest BCUT2D eigenvalue weighted by Crippen LogP contribution is -2.10. The highest BCUT2D eigenvalue weighted by atomic mass is 35.5. The van der Waals surface area contributed by atoms with Crippen molar-refractivity contribution in [3.63, 3.8) is 0 Å². The molecule has 0 aliphatic rings. The second kappa shape index (κ2) is 5.27. The maximum absolute atomic E-state index is 10.3. The molecule has 6 heteroatoms. The van der Waals surface area contributed by atoms with Gasteiger partial charge in [0.2, 0.25) is 5.88 Å². The number of para-hydroxylation sites is 1. The van der Waals surface area contributed by atoms with E-state index < -0.39 is 12.6 Å². The number of nitrogens with zero attached hydrogens (tertiary/aromatic N) is 2. The van der Waals surface area contributed by atoms with E-state index in [-0.39, 0.29) is 12.4 Å². The van der Waals surface area contributed by atoms with Crippen molar-refractivity contribution in [2.24, 2.45) is 0 Å². The van der Waals surface area contributed by atoms with Gasteiger partial charge in [-0.05, 0) is 12.1 Å². The van der Waals surface area contributed by atoms with Crippen LogP contribution in [0.5, 0.6) is 5.88 Å². The molecule has 5 nitrogen and oxygen atoms in total. The van der Waals surface area contributed by atoms with Crippen molar-refractivity contribution < 1.29 is 14.6 Å². The third-order valence-corrected chi connectivity index (χ3v) is 1.84. The van der Waals surface area contributed by atoms with E-state index in [2.05, 4.69) is 9.97 Å². The summed E-state index contributed by atoms with van der Waals surface area (Å²) in [6.07, 6.45) is 1.35. The largest absolute Gasteiger partial charge is 0.479 e. The maximum atomic E-state index is 10.3. The van der Waals surface area contributed by atoms with E-state index in [0.29, 0.717) is 11.3 Å². The molecule has 0 saturated carbocycles. The molecule has 0 amide bonds. The van der Waals surface area contributed by atoms with Crippen LogP contribution >= 0.6 is 12.4 Å². The van der Waals surface area contributed by atoms with Gasteiger partial charge < -0.3 is 9.84 Å². The Balaban J connectivity index is 0.00000128. The summed E-state index contributed by atoms with van der Waals surface area (Å²) >= 11 is 0. The van der Waals surface area contributed by atoms with Crippen LogP contribution in [-0.2, 0) is 4.79 Å².